The molecule has 0 N–H and O–H groups in total. The third kappa shape index (κ3) is 2.33. The Kier molecular flexibility index (Phi) is 3.39. The van der Waals surface area contributed by atoms with Crippen LogP contribution in [0.2, 0.25) is 0 Å². The summed E-state index contributed by atoms with van der Waals surface area (Å²) in [6.45, 7) is 0. The maximum atomic E-state index is 12.7. The number of carbonyl (C=O) groups is 2. The van der Waals surface area contributed by atoms with Gasteiger partial charge in [0.05, 0.1) is 0 Å². The van der Waals surface area contributed by atoms with Gasteiger partial charge in [0.2, 0.25) is 11.6 Å². The summed E-state index contributed by atoms with van der Waals surface area (Å²) < 4.78 is 0. The topological polar surface area (TPSA) is 34.1 Å². The summed E-state index contributed by atoms with van der Waals surface area (Å²) in [4.78, 5) is 24.7. The van der Waals surface area contributed by atoms with Crippen molar-refractivity contribution >= 4 is 28.4 Å². The number of rotatable bonds is 0. The number of fused-ring (bicyclic) bond motifs is 1. The average molecular weight is 338 g/mol. The van der Waals surface area contributed by atoms with Crippen molar-refractivity contribution in [3.05, 3.63) is 88.0 Å². The third-order valence-corrected chi connectivity index (χ3v) is 5.64. The van der Waals surface area contributed by atoms with Crippen molar-refractivity contribution in [1.29, 1.82) is 0 Å². The number of Topliss-reactive ketones (excluding diaryl/α,β-unsaturated/α-hetero) is 1. The first-order chi connectivity index (χ1) is 12.7. The maximum Gasteiger partial charge on any atom is 0.234 e. The largest absolute Gasteiger partial charge is 0.286 e. The van der Waals surface area contributed by atoms with E-state index in [1.165, 1.54) is 22.8 Å². The summed E-state index contributed by atoms with van der Waals surface area (Å²) in [6, 6.07) is 17.3. The fourth-order valence-corrected chi connectivity index (χ4v) is 4.20. The molecule has 0 saturated heterocycles. The summed E-state index contributed by atoms with van der Waals surface area (Å²) in [5.41, 5.74) is 6.48. The van der Waals surface area contributed by atoms with Gasteiger partial charge in [-0.15, -0.1) is 0 Å². The summed E-state index contributed by atoms with van der Waals surface area (Å²) >= 11 is 0. The molecule has 8 rings (SSSR count). The molecule has 0 amide bonds. The molecule has 3 aromatic rings. The Hall–Kier alpha value is -3.00. The van der Waals surface area contributed by atoms with Crippen molar-refractivity contribution in [3.8, 4) is 0 Å². The molecule has 5 aliphatic rings. The number of hydrogen-bond donors (Lipinski definition) is 0. The molecule has 0 fully saturated rings. The summed E-state index contributed by atoms with van der Waals surface area (Å²) in [6.07, 6.45) is 6.84. The fourth-order valence-electron chi connectivity index (χ4n) is 4.20. The zero-order valence-electron chi connectivity index (χ0n) is 14.4. The molecule has 2 nitrogen and oxygen atoms in total. The Bertz CT molecular complexity index is 1100. The second-order valence-electron chi connectivity index (χ2n) is 7.18. The predicted molar refractivity (Wildman–Crippen MR) is 104 cm³/mol. The highest BCUT2D eigenvalue weighted by atomic mass is 16.2. The van der Waals surface area contributed by atoms with Gasteiger partial charge in [-0.3, -0.25) is 9.59 Å². The van der Waals surface area contributed by atoms with E-state index < -0.39 is 5.78 Å². The van der Waals surface area contributed by atoms with E-state index in [2.05, 4.69) is 42.5 Å². The SMILES string of the molecule is O=C1C=Cc2ccc3c4ccc(c3c2C1=O)CCc1ccc(cc1)CC4. The molecule has 0 heterocycles. The van der Waals surface area contributed by atoms with Crippen LogP contribution in [-0.4, -0.2) is 11.6 Å². The molecular formula is C24H18O2. The Morgan fingerprint density at radius 2 is 1.27 bits per heavy atom. The molecular weight excluding hydrogens is 320 g/mol. The molecule has 4 bridgehead atoms. The number of carbonyl (C=O) groups excluding carboxylic acids is 2. The quantitative estimate of drug-likeness (QED) is 0.566. The van der Waals surface area contributed by atoms with Gasteiger partial charge in [-0.1, -0.05) is 54.6 Å². The van der Waals surface area contributed by atoms with Crippen molar-refractivity contribution in [3.63, 3.8) is 0 Å². The van der Waals surface area contributed by atoms with Crippen LogP contribution in [0.1, 0.15) is 38.2 Å². The Morgan fingerprint density at radius 1 is 0.615 bits per heavy atom. The van der Waals surface area contributed by atoms with Crippen LogP contribution in [0.5, 0.6) is 0 Å². The van der Waals surface area contributed by atoms with Crippen LogP contribution < -0.4 is 0 Å². The van der Waals surface area contributed by atoms with Crippen LogP contribution in [-0.2, 0) is 30.5 Å². The first kappa shape index (κ1) is 15.3. The second-order valence-corrected chi connectivity index (χ2v) is 7.18. The predicted octanol–water partition coefficient (Wildman–Crippen LogP) is 4.50. The molecule has 126 valence electrons. The van der Waals surface area contributed by atoms with Gasteiger partial charge in [0.15, 0.2) is 0 Å². The zero-order chi connectivity index (χ0) is 17.7. The van der Waals surface area contributed by atoms with E-state index in [1.54, 1.807) is 6.08 Å². The highest BCUT2D eigenvalue weighted by Gasteiger charge is 2.25. The lowest BCUT2D eigenvalue weighted by Crippen LogP contribution is -2.17. The monoisotopic (exact) mass is 338 g/mol. The lowest BCUT2D eigenvalue weighted by molar-refractivity contribution is -0.110. The van der Waals surface area contributed by atoms with Gasteiger partial charge >= 0.3 is 0 Å². The smallest absolute Gasteiger partial charge is 0.234 e. The molecule has 0 unspecified atom stereocenters. The molecule has 5 aliphatic carbocycles. The van der Waals surface area contributed by atoms with Crippen LogP contribution in [0.25, 0.3) is 16.8 Å². The van der Waals surface area contributed by atoms with Crippen LogP contribution in [0, 0.1) is 0 Å². The van der Waals surface area contributed by atoms with Gasteiger partial charge in [0, 0.05) is 5.56 Å². The summed E-state index contributed by atoms with van der Waals surface area (Å²) in [5.74, 6) is -0.792. The number of aryl methyl sites for hydroxylation is 4. The first-order valence-corrected chi connectivity index (χ1v) is 9.13. The average Bonchev–Trinajstić information content (AvgIpc) is 2.66. The van der Waals surface area contributed by atoms with Gasteiger partial charge in [-0.05, 0) is 70.3 Å². The molecule has 0 atom stereocenters. The van der Waals surface area contributed by atoms with Gasteiger partial charge < -0.3 is 0 Å². The Morgan fingerprint density at radius 3 is 2.00 bits per heavy atom. The van der Waals surface area contributed by atoms with Crippen molar-refractivity contribution < 1.29 is 9.59 Å². The molecule has 2 heteroatoms. The first-order valence-electron chi connectivity index (χ1n) is 9.13. The van der Waals surface area contributed by atoms with Gasteiger partial charge in [0.25, 0.3) is 0 Å². The summed E-state index contributed by atoms with van der Waals surface area (Å²) in [7, 11) is 0. The van der Waals surface area contributed by atoms with E-state index in [4.69, 9.17) is 0 Å². The second kappa shape index (κ2) is 5.77. The lowest BCUT2D eigenvalue weighted by Gasteiger charge is -2.19. The van der Waals surface area contributed by atoms with Crippen LogP contribution in [0.15, 0.2) is 54.6 Å². The van der Waals surface area contributed by atoms with E-state index in [-0.39, 0.29) is 5.78 Å². The Labute approximate surface area is 152 Å². The number of ketones is 2. The number of hydrogen-bond acceptors (Lipinski definition) is 2. The molecule has 0 aliphatic heterocycles. The van der Waals surface area contributed by atoms with E-state index in [0.29, 0.717) is 5.56 Å². The van der Waals surface area contributed by atoms with Crippen molar-refractivity contribution in [2.24, 2.45) is 0 Å². The molecule has 26 heavy (non-hydrogen) atoms. The minimum atomic E-state index is -0.419. The number of allylic oxidation sites excluding steroid dienone is 1. The van der Waals surface area contributed by atoms with Gasteiger partial charge in [-0.2, -0.15) is 0 Å². The van der Waals surface area contributed by atoms with Crippen molar-refractivity contribution in [2.45, 2.75) is 25.7 Å². The van der Waals surface area contributed by atoms with Crippen molar-refractivity contribution in [1.82, 2.24) is 0 Å². The highest BCUT2D eigenvalue weighted by Crippen LogP contribution is 2.33. The lowest BCUT2D eigenvalue weighted by atomic mass is 9.84. The molecule has 0 radical (unpaired) electrons. The molecule has 0 saturated carbocycles. The normalized spacial score (nSPS) is 15.8. The Balaban J connectivity index is 1.79. The van der Waals surface area contributed by atoms with Crippen molar-refractivity contribution in [2.75, 3.05) is 0 Å². The molecule has 0 aromatic heterocycles. The highest BCUT2D eigenvalue weighted by molar-refractivity contribution is 6.51. The van der Waals surface area contributed by atoms with Gasteiger partial charge in [0.1, 0.15) is 0 Å². The van der Waals surface area contributed by atoms with E-state index in [1.807, 2.05) is 6.07 Å². The number of benzene rings is 3. The molecule has 0 spiro atoms. The molecule has 3 aromatic carbocycles. The van der Waals surface area contributed by atoms with E-state index in [9.17, 15) is 9.59 Å². The summed E-state index contributed by atoms with van der Waals surface area (Å²) in [5, 5.41) is 2.10. The minimum absolute atomic E-state index is 0.373. The van der Waals surface area contributed by atoms with Gasteiger partial charge in [-0.25, -0.2) is 0 Å². The van der Waals surface area contributed by atoms with Crippen LogP contribution >= 0.6 is 0 Å². The van der Waals surface area contributed by atoms with E-state index in [0.717, 1.165) is 47.6 Å². The third-order valence-electron chi connectivity index (χ3n) is 5.64. The van der Waals surface area contributed by atoms with E-state index >= 15 is 0 Å². The van der Waals surface area contributed by atoms with Crippen LogP contribution in [0.4, 0.5) is 0 Å². The standard InChI is InChI=1S/C24H18O2/c25-21-14-12-19-11-13-20-17-7-5-15-1-3-16(4-2-15)6-8-18(10-9-17)22(20)23(19)24(21)26/h1-4,9-14H,5-8H2. The fraction of sp³-hybridized carbons (Fsp3) is 0.167. The minimum Gasteiger partial charge on any atom is -0.286 e. The van der Waals surface area contributed by atoms with Crippen LogP contribution in [0.3, 0.4) is 0 Å². The maximum absolute atomic E-state index is 12.7. The zero-order valence-corrected chi connectivity index (χ0v) is 14.4.